The molecule has 0 aliphatic heterocycles. The van der Waals surface area contributed by atoms with E-state index in [4.69, 9.17) is 9.98 Å². The fourth-order valence-electron chi connectivity index (χ4n) is 4.33. The minimum absolute atomic E-state index is 0.00951. The number of hydrogen-bond donors (Lipinski definition) is 0. The van der Waals surface area contributed by atoms with Crippen molar-refractivity contribution in [2.24, 2.45) is 9.98 Å². The third kappa shape index (κ3) is 6.86. The first-order valence-corrected chi connectivity index (χ1v) is 12.4. The maximum absolute atomic E-state index is 5.19. The van der Waals surface area contributed by atoms with Crippen LogP contribution in [0.2, 0.25) is 0 Å². The van der Waals surface area contributed by atoms with Crippen molar-refractivity contribution in [3.8, 4) is 0 Å². The Balaban J connectivity index is 1.73. The van der Waals surface area contributed by atoms with E-state index in [2.05, 4.69) is 118 Å². The largest absolute Gasteiger partial charge is 0.287 e. The molecule has 2 atom stereocenters. The molecule has 0 N–H and O–H groups in total. The van der Waals surface area contributed by atoms with Crippen molar-refractivity contribution < 1.29 is 0 Å². The van der Waals surface area contributed by atoms with Crippen LogP contribution in [0.5, 0.6) is 0 Å². The molecule has 0 bridgehead atoms. The van der Waals surface area contributed by atoms with Crippen LogP contribution in [-0.2, 0) is 12.8 Å². The molecule has 0 spiro atoms. The van der Waals surface area contributed by atoms with Gasteiger partial charge in [0.1, 0.15) is 0 Å². The molecule has 0 aromatic heterocycles. The molecule has 176 valence electrons. The molecule has 0 amide bonds. The molecular weight excluding hydrogens is 424 g/mol. The lowest BCUT2D eigenvalue weighted by molar-refractivity contribution is 0.526. The predicted octanol–water partition coefficient (Wildman–Crippen LogP) is 7.37. The highest BCUT2D eigenvalue weighted by molar-refractivity contribution is 5.82. The van der Waals surface area contributed by atoms with Gasteiger partial charge in [-0.25, -0.2) is 0 Å². The van der Waals surface area contributed by atoms with E-state index in [1.807, 2.05) is 18.5 Å². The van der Waals surface area contributed by atoms with E-state index in [1.165, 1.54) is 27.8 Å². The summed E-state index contributed by atoms with van der Waals surface area (Å²) in [4.78, 5) is 10.3. The maximum Gasteiger partial charge on any atom is 0.0766 e. The SMILES string of the molecule is Cc1ccccc1C=NC(Cc1ccccc1C)C(Cc1ccccc1C)N=Cc1ccccc1. The van der Waals surface area contributed by atoms with Crippen LogP contribution in [0.3, 0.4) is 0 Å². The van der Waals surface area contributed by atoms with E-state index >= 15 is 0 Å². The summed E-state index contributed by atoms with van der Waals surface area (Å²) >= 11 is 0. The zero-order valence-corrected chi connectivity index (χ0v) is 20.9. The van der Waals surface area contributed by atoms with E-state index < -0.39 is 0 Å². The molecule has 0 radical (unpaired) electrons. The minimum atomic E-state index is 0.00951. The monoisotopic (exact) mass is 458 g/mol. The van der Waals surface area contributed by atoms with Gasteiger partial charge in [0.2, 0.25) is 0 Å². The molecule has 0 saturated heterocycles. The van der Waals surface area contributed by atoms with Crippen LogP contribution in [0.15, 0.2) is 113 Å². The summed E-state index contributed by atoms with van der Waals surface area (Å²) < 4.78 is 0. The van der Waals surface area contributed by atoms with Crippen molar-refractivity contribution >= 4 is 12.4 Å². The van der Waals surface area contributed by atoms with Gasteiger partial charge in [0.15, 0.2) is 0 Å². The van der Waals surface area contributed by atoms with Crippen molar-refractivity contribution in [1.29, 1.82) is 0 Å². The first-order chi connectivity index (χ1) is 17.1. The quantitative estimate of drug-likeness (QED) is 0.234. The van der Waals surface area contributed by atoms with Crippen molar-refractivity contribution in [3.05, 3.63) is 142 Å². The summed E-state index contributed by atoms with van der Waals surface area (Å²) in [5.41, 5.74) is 8.74. The first-order valence-electron chi connectivity index (χ1n) is 12.4. The van der Waals surface area contributed by atoms with Gasteiger partial charge in [0.05, 0.1) is 12.1 Å². The topological polar surface area (TPSA) is 24.7 Å². The number of aliphatic imine (C=N–C) groups is 2. The van der Waals surface area contributed by atoms with Crippen molar-refractivity contribution in [2.75, 3.05) is 0 Å². The van der Waals surface area contributed by atoms with Crippen LogP contribution < -0.4 is 0 Å². The molecule has 0 aliphatic rings. The van der Waals surface area contributed by atoms with Gasteiger partial charge < -0.3 is 0 Å². The van der Waals surface area contributed by atoms with Crippen molar-refractivity contribution in [2.45, 2.75) is 45.7 Å². The Morgan fingerprint density at radius 2 is 0.971 bits per heavy atom. The Morgan fingerprint density at radius 1 is 0.514 bits per heavy atom. The Kier molecular flexibility index (Phi) is 8.40. The minimum Gasteiger partial charge on any atom is -0.287 e. The molecule has 4 aromatic carbocycles. The summed E-state index contributed by atoms with van der Waals surface area (Å²) in [7, 11) is 0. The van der Waals surface area contributed by atoms with E-state index in [-0.39, 0.29) is 12.1 Å². The Morgan fingerprint density at radius 3 is 1.51 bits per heavy atom. The lowest BCUT2D eigenvalue weighted by atomic mass is 9.91. The molecule has 4 rings (SSSR count). The zero-order valence-electron chi connectivity index (χ0n) is 20.9. The number of nitrogens with zero attached hydrogens (tertiary/aromatic N) is 2. The second-order valence-electron chi connectivity index (χ2n) is 9.22. The molecule has 0 saturated carbocycles. The van der Waals surface area contributed by atoms with Crippen LogP contribution in [-0.4, -0.2) is 24.5 Å². The van der Waals surface area contributed by atoms with Crippen molar-refractivity contribution in [1.82, 2.24) is 0 Å². The molecule has 0 fully saturated rings. The molecule has 35 heavy (non-hydrogen) atoms. The van der Waals surface area contributed by atoms with Gasteiger partial charge >= 0.3 is 0 Å². The van der Waals surface area contributed by atoms with Gasteiger partial charge in [0, 0.05) is 12.4 Å². The summed E-state index contributed by atoms with van der Waals surface area (Å²) in [5.74, 6) is 0. The first kappa shape index (κ1) is 24.3. The highest BCUT2D eigenvalue weighted by Crippen LogP contribution is 2.21. The fraction of sp³-hybridized carbons (Fsp3) is 0.212. The van der Waals surface area contributed by atoms with Crippen molar-refractivity contribution in [3.63, 3.8) is 0 Å². The molecule has 2 heteroatoms. The smallest absolute Gasteiger partial charge is 0.0766 e. The zero-order chi connectivity index (χ0) is 24.5. The Bertz CT molecular complexity index is 1290. The molecular formula is C33H34N2. The summed E-state index contributed by atoms with van der Waals surface area (Å²) in [6.45, 7) is 6.50. The molecule has 4 aromatic rings. The highest BCUT2D eigenvalue weighted by Gasteiger charge is 2.22. The molecule has 2 nitrogen and oxygen atoms in total. The van der Waals surface area contributed by atoms with Crippen LogP contribution >= 0.6 is 0 Å². The average Bonchev–Trinajstić information content (AvgIpc) is 2.88. The van der Waals surface area contributed by atoms with Gasteiger partial charge in [-0.3, -0.25) is 9.98 Å². The van der Waals surface area contributed by atoms with Crippen LogP contribution in [0.1, 0.15) is 38.9 Å². The van der Waals surface area contributed by atoms with Crippen LogP contribution in [0.25, 0.3) is 0 Å². The van der Waals surface area contributed by atoms with Gasteiger partial charge in [-0.2, -0.15) is 0 Å². The molecule has 2 unspecified atom stereocenters. The van der Waals surface area contributed by atoms with Gasteiger partial charge in [0.25, 0.3) is 0 Å². The normalized spacial score (nSPS) is 13.3. The molecule has 0 aliphatic carbocycles. The second-order valence-corrected chi connectivity index (χ2v) is 9.22. The van der Waals surface area contributed by atoms with E-state index in [1.54, 1.807) is 0 Å². The summed E-state index contributed by atoms with van der Waals surface area (Å²) in [6.07, 6.45) is 5.74. The Labute approximate surface area is 210 Å². The number of hydrogen-bond acceptors (Lipinski definition) is 2. The van der Waals surface area contributed by atoms with Gasteiger partial charge in [-0.15, -0.1) is 0 Å². The fourth-order valence-corrected chi connectivity index (χ4v) is 4.33. The lowest BCUT2D eigenvalue weighted by Gasteiger charge is -2.23. The number of benzene rings is 4. The van der Waals surface area contributed by atoms with E-state index in [0.717, 1.165) is 24.0 Å². The third-order valence-electron chi connectivity index (χ3n) is 6.63. The summed E-state index contributed by atoms with van der Waals surface area (Å²) in [6, 6.07) is 36.0. The number of rotatable bonds is 9. The van der Waals surface area contributed by atoms with Crippen LogP contribution in [0.4, 0.5) is 0 Å². The van der Waals surface area contributed by atoms with E-state index in [9.17, 15) is 0 Å². The average molecular weight is 459 g/mol. The predicted molar refractivity (Wildman–Crippen MR) is 150 cm³/mol. The van der Waals surface area contributed by atoms with Gasteiger partial charge in [-0.1, -0.05) is 103 Å². The third-order valence-corrected chi connectivity index (χ3v) is 6.63. The van der Waals surface area contributed by atoms with Gasteiger partial charge in [-0.05, 0) is 72.6 Å². The van der Waals surface area contributed by atoms with Crippen LogP contribution in [0, 0.1) is 20.8 Å². The van der Waals surface area contributed by atoms with E-state index in [0.29, 0.717) is 0 Å². The molecule has 0 heterocycles. The lowest BCUT2D eigenvalue weighted by Crippen LogP contribution is -2.28. The summed E-state index contributed by atoms with van der Waals surface area (Å²) in [5, 5.41) is 0. The highest BCUT2D eigenvalue weighted by atomic mass is 14.9. The number of aryl methyl sites for hydroxylation is 3. The Hall–Kier alpha value is -3.78. The maximum atomic E-state index is 5.19. The second kappa shape index (κ2) is 12.1. The standard InChI is InChI=1S/C33H34N2/c1-25-13-7-10-18-29(25)21-32(34-23-28-16-5-4-6-17-28)33(22-30-19-11-8-14-26(30)2)35-24-31-20-12-9-15-27(31)3/h4-20,23-24,32-33H,21-22H2,1-3H3.